The molecule has 1 aromatic rings. The molecule has 2 nitrogen and oxygen atoms in total. The maximum atomic E-state index is 2.59. The van der Waals surface area contributed by atoms with E-state index in [0.717, 1.165) is 6.54 Å². The van der Waals surface area contributed by atoms with Gasteiger partial charge < -0.3 is 4.90 Å². The van der Waals surface area contributed by atoms with Crippen LogP contribution in [0.15, 0.2) is 24.3 Å². The predicted octanol–water partition coefficient (Wildman–Crippen LogP) is 3.55. The first-order valence-corrected chi connectivity index (χ1v) is 6.24. The smallest absolute Gasteiger partial charge is 0.0409 e. The molecule has 1 fully saturated rings. The highest BCUT2D eigenvalue weighted by Crippen LogP contribution is 2.36. The molecule has 1 aromatic carbocycles. The Labute approximate surface area is 106 Å². The minimum absolute atomic E-state index is 0. The molecule has 0 aromatic heterocycles. The quantitative estimate of drug-likeness (QED) is 0.789. The highest BCUT2D eigenvalue weighted by atomic mass is 15.2. The zero-order valence-electron chi connectivity index (χ0n) is 10.6. The fourth-order valence-corrected chi connectivity index (χ4v) is 2.73. The molecule has 0 bridgehead atoms. The Bertz CT molecular complexity index is 347. The van der Waals surface area contributed by atoms with Gasteiger partial charge in [-0.05, 0) is 37.6 Å². The van der Waals surface area contributed by atoms with Gasteiger partial charge in [0.2, 0.25) is 0 Å². The number of anilines is 1. The monoisotopic (exact) mass is 234 g/mol. The topological polar surface area (TPSA) is 6.48 Å². The lowest BCUT2D eigenvalue weighted by molar-refractivity contribution is 0.272. The third-order valence-corrected chi connectivity index (χ3v) is 3.55. The second kappa shape index (κ2) is 6.06. The third-order valence-electron chi connectivity index (χ3n) is 3.55. The van der Waals surface area contributed by atoms with Gasteiger partial charge in [-0.1, -0.05) is 32.5 Å². The lowest BCUT2D eigenvalue weighted by atomic mass is 10.0. The van der Waals surface area contributed by atoms with Gasteiger partial charge >= 0.3 is 0 Å². The Morgan fingerprint density at radius 2 is 2.00 bits per heavy atom. The normalized spacial score (nSPS) is 20.1. The minimum Gasteiger partial charge on any atom is -0.377 e. The van der Waals surface area contributed by atoms with Crippen molar-refractivity contribution in [2.24, 2.45) is 0 Å². The molecule has 0 saturated carbocycles. The summed E-state index contributed by atoms with van der Waals surface area (Å²) in [5.74, 6) is 0. The van der Waals surface area contributed by atoms with Crippen LogP contribution in [0, 0.1) is 0 Å². The van der Waals surface area contributed by atoms with Gasteiger partial charge in [0.15, 0.2) is 0 Å². The zero-order chi connectivity index (χ0) is 11.5. The molecule has 1 heterocycles. The summed E-state index contributed by atoms with van der Waals surface area (Å²) in [6.07, 6.45) is 2.64. The molecule has 0 radical (unpaired) electrons. The molecule has 0 spiro atoms. The van der Waals surface area contributed by atoms with Crippen LogP contribution in [0.2, 0.25) is 0 Å². The van der Waals surface area contributed by atoms with Gasteiger partial charge in [-0.15, -0.1) is 0 Å². The molecule has 2 heteroatoms. The van der Waals surface area contributed by atoms with Crippen molar-refractivity contribution in [2.75, 3.05) is 32.1 Å². The number of para-hydroxylation sites is 1. The molecule has 0 N–H and O–H groups in total. The first-order valence-electron chi connectivity index (χ1n) is 6.24. The Balaban J connectivity index is 0.00000144. The van der Waals surface area contributed by atoms with Gasteiger partial charge in [0.25, 0.3) is 0 Å². The molecule has 0 aliphatic carbocycles. The van der Waals surface area contributed by atoms with Gasteiger partial charge in [-0.3, -0.25) is 4.90 Å². The van der Waals surface area contributed by atoms with E-state index in [4.69, 9.17) is 0 Å². The van der Waals surface area contributed by atoms with Gasteiger partial charge in [0.1, 0.15) is 0 Å². The molecule has 1 aliphatic rings. The van der Waals surface area contributed by atoms with Crippen molar-refractivity contribution in [3.05, 3.63) is 29.8 Å². The van der Waals surface area contributed by atoms with E-state index in [2.05, 4.69) is 55.1 Å². The van der Waals surface area contributed by atoms with Crippen molar-refractivity contribution in [1.29, 1.82) is 0 Å². The van der Waals surface area contributed by atoms with Gasteiger partial charge in [0.05, 0.1) is 0 Å². The average molecular weight is 234 g/mol. The van der Waals surface area contributed by atoms with E-state index < -0.39 is 0 Å². The molecule has 1 saturated heterocycles. The summed E-state index contributed by atoms with van der Waals surface area (Å²) in [5.41, 5.74) is 2.86. The summed E-state index contributed by atoms with van der Waals surface area (Å²) in [6.45, 7) is 4.67. The summed E-state index contributed by atoms with van der Waals surface area (Å²) in [4.78, 5) is 4.81. The molecular formula is C15H26N2. The van der Waals surface area contributed by atoms with Crippen LogP contribution in [0.3, 0.4) is 0 Å². The molecule has 96 valence electrons. The predicted molar refractivity (Wildman–Crippen MR) is 76.7 cm³/mol. The number of hydrogen-bond acceptors (Lipinski definition) is 2. The van der Waals surface area contributed by atoms with Crippen molar-refractivity contribution in [3.8, 4) is 0 Å². The van der Waals surface area contributed by atoms with E-state index in [0.29, 0.717) is 6.04 Å². The lowest BCUT2D eigenvalue weighted by Gasteiger charge is -2.27. The molecule has 2 rings (SSSR count). The summed E-state index contributed by atoms with van der Waals surface area (Å²) in [7, 11) is 4.26. The third kappa shape index (κ3) is 2.81. The van der Waals surface area contributed by atoms with Crippen molar-refractivity contribution in [1.82, 2.24) is 4.90 Å². The fourth-order valence-electron chi connectivity index (χ4n) is 2.73. The van der Waals surface area contributed by atoms with Crippen molar-refractivity contribution < 1.29 is 0 Å². The Morgan fingerprint density at radius 3 is 2.65 bits per heavy atom. The zero-order valence-corrected chi connectivity index (χ0v) is 10.6. The van der Waals surface area contributed by atoms with E-state index in [9.17, 15) is 0 Å². The van der Waals surface area contributed by atoms with Gasteiger partial charge in [-0.2, -0.15) is 0 Å². The van der Waals surface area contributed by atoms with E-state index in [-0.39, 0.29) is 7.43 Å². The number of rotatable bonds is 3. The summed E-state index contributed by atoms with van der Waals surface area (Å²) >= 11 is 0. The van der Waals surface area contributed by atoms with Crippen molar-refractivity contribution in [2.45, 2.75) is 33.2 Å². The van der Waals surface area contributed by atoms with Crippen LogP contribution in [-0.4, -0.2) is 32.1 Å². The Hall–Kier alpha value is -1.02. The standard InChI is InChI=1S/C14H22N2.CH4/c1-4-16-11-7-10-14(16)12-8-5-6-9-13(12)15(2)3;/h5-6,8-9,14H,4,7,10-11H2,1-3H3;1H4. The molecule has 1 atom stereocenters. The molecule has 0 amide bonds. The number of benzene rings is 1. The minimum atomic E-state index is 0. The van der Waals surface area contributed by atoms with Crippen LogP contribution in [0.1, 0.15) is 38.8 Å². The SMILES string of the molecule is C.CCN1CCCC1c1ccccc1N(C)C. The highest BCUT2D eigenvalue weighted by molar-refractivity contribution is 5.54. The summed E-state index contributed by atoms with van der Waals surface area (Å²) in [5, 5.41) is 0. The van der Waals surface area contributed by atoms with Crippen LogP contribution in [0.5, 0.6) is 0 Å². The van der Waals surface area contributed by atoms with Crippen molar-refractivity contribution in [3.63, 3.8) is 0 Å². The number of likely N-dealkylation sites (tertiary alicyclic amines) is 1. The lowest BCUT2D eigenvalue weighted by Crippen LogP contribution is -2.24. The maximum Gasteiger partial charge on any atom is 0.0409 e. The highest BCUT2D eigenvalue weighted by Gasteiger charge is 2.26. The second-order valence-corrected chi connectivity index (χ2v) is 4.74. The van der Waals surface area contributed by atoms with E-state index >= 15 is 0 Å². The summed E-state index contributed by atoms with van der Waals surface area (Å²) < 4.78 is 0. The largest absolute Gasteiger partial charge is 0.377 e. The first-order chi connectivity index (χ1) is 7.74. The Kier molecular flexibility index (Phi) is 5.01. The van der Waals surface area contributed by atoms with Gasteiger partial charge in [0, 0.05) is 25.8 Å². The van der Waals surface area contributed by atoms with Crippen LogP contribution in [0.4, 0.5) is 5.69 Å². The average Bonchev–Trinajstić information content (AvgIpc) is 2.76. The first kappa shape index (κ1) is 14.0. The fraction of sp³-hybridized carbons (Fsp3) is 0.600. The molecular weight excluding hydrogens is 208 g/mol. The summed E-state index contributed by atoms with van der Waals surface area (Å²) in [6, 6.07) is 9.43. The molecule has 1 unspecified atom stereocenters. The van der Waals surface area contributed by atoms with E-state index in [1.165, 1.54) is 30.6 Å². The Morgan fingerprint density at radius 1 is 1.29 bits per heavy atom. The van der Waals surface area contributed by atoms with E-state index in [1.807, 2.05) is 0 Å². The van der Waals surface area contributed by atoms with Crippen LogP contribution in [0.25, 0.3) is 0 Å². The van der Waals surface area contributed by atoms with Crippen LogP contribution >= 0.6 is 0 Å². The van der Waals surface area contributed by atoms with Crippen molar-refractivity contribution >= 4 is 5.69 Å². The van der Waals surface area contributed by atoms with Crippen LogP contribution in [-0.2, 0) is 0 Å². The molecule has 17 heavy (non-hydrogen) atoms. The molecule has 1 aliphatic heterocycles. The van der Waals surface area contributed by atoms with Crippen LogP contribution < -0.4 is 4.90 Å². The van der Waals surface area contributed by atoms with Gasteiger partial charge in [-0.25, -0.2) is 0 Å². The second-order valence-electron chi connectivity index (χ2n) is 4.74. The number of nitrogens with zero attached hydrogens (tertiary/aromatic N) is 2. The number of hydrogen-bond donors (Lipinski definition) is 0. The van der Waals surface area contributed by atoms with E-state index in [1.54, 1.807) is 0 Å². The maximum absolute atomic E-state index is 2.59.